The molecule has 0 bridgehead atoms. The molecule has 2 aromatic rings. The van der Waals surface area contributed by atoms with Gasteiger partial charge in [-0.3, -0.25) is 4.79 Å². The third kappa shape index (κ3) is 4.56. The maximum atomic E-state index is 11.8. The molecule has 114 valence electrons. The second kappa shape index (κ2) is 7.56. The van der Waals surface area contributed by atoms with Crippen LogP contribution in [0.2, 0.25) is 0 Å². The van der Waals surface area contributed by atoms with Crippen LogP contribution in [0.5, 0.6) is 0 Å². The fourth-order valence-electron chi connectivity index (χ4n) is 1.91. The average Bonchev–Trinajstić information content (AvgIpc) is 3.00. The number of anilines is 1. The number of carbonyl (C=O) groups is 2. The molecule has 5 heteroatoms. The maximum Gasteiger partial charge on any atom is 0.331 e. The van der Waals surface area contributed by atoms with E-state index in [1.165, 1.54) is 6.08 Å². The zero-order valence-corrected chi connectivity index (χ0v) is 13.3. The molecule has 0 fully saturated rings. The van der Waals surface area contributed by atoms with E-state index >= 15 is 0 Å². The quantitative estimate of drug-likeness (QED) is 0.678. The highest BCUT2D eigenvalue weighted by Crippen LogP contribution is 2.19. The lowest BCUT2D eigenvalue weighted by molar-refractivity contribution is -0.142. The summed E-state index contributed by atoms with van der Waals surface area (Å²) in [4.78, 5) is 23.4. The normalized spacial score (nSPS) is 10.6. The number of ether oxygens (including phenoxy) is 1. The van der Waals surface area contributed by atoms with E-state index in [2.05, 4.69) is 5.32 Å². The number of rotatable bonds is 5. The van der Waals surface area contributed by atoms with Crippen molar-refractivity contribution in [2.75, 3.05) is 11.9 Å². The third-order valence-electron chi connectivity index (χ3n) is 3.05. The van der Waals surface area contributed by atoms with Gasteiger partial charge in [-0.2, -0.15) is 11.3 Å². The van der Waals surface area contributed by atoms with E-state index in [4.69, 9.17) is 4.74 Å². The molecule has 0 aliphatic rings. The van der Waals surface area contributed by atoms with Crippen molar-refractivity contribution in [3.05, 3.63) is 57.8 Å². The SMILES string of the molecule is Cc1cccc(C)c1NC(=O)COC(=O)/C=C/c1ccsc1. The monoisotopic (exact) mass is 315 g/mol. The van der Waals surface area contributed by atoms with Crippen molar-refractivity contribution < 1.29 is 14.3 Å². The fraction of sp³-hybridized carbons (Fsp3) is 0.176. The predicted molar refractivity (Wildman–Crippen MR) is 88.9 cm³/mol. The molecule has 0 atom stereocenters. The summed E-state index contributed by atoms with van der Waals surface area (Å²) in [6.45, 7) is 3.52. The van der Waals surface area contributed by atoms with Crippen molar-refractivity contribution in [1.29, 1.82) is 0 Å². The van der Waals surface area contributed by atoms with Gasteiger partial charge in [0.15, 0.2) is 6.61 Å². The maximum absolute atomic E-state index is 11.8. The van der Waals surface area contributed by atoms with Crippen LogP contribution in [0.1, 0.15) is 16.7 Å². The van der Waals surface area contributed by atoms with E-state index in [1.807, 2.05) is 48.9 Å². The van der Waals surface area contributed by atoms with Gasteiger partial charge in [-0.15, -0.1) is 0 Å². The molecule has 0 aliphatic carbocycles. The van der Waals surface area contributed by atoms with Gasteiger partial charge in [0.1, 0.15) is 0 Å². The van der Waals surface area contributed by atoms with E-state index < -0.39 is 5.97 Å². The number of thiophene rings is 1. The Morgan fingerprint density at radius 3 is 2.59 bits per heavy atom. The minimum absolute atomic E-state index is 0.305. The first kappa shape index (κ1) is 16.0. The summed E-state index contributed by atoms with van der Waals surface area (Å²) < 4.78 is 4.92. The molecule has 0 spiro atoms. The zero-order valence-electron chi connectivity index (χ0n) is 12.5. The van der Waals surface area contributed by atoms with Crippen molar-refractivity contribution >= 4 is 35.0 Å². The average molecular weight is 315 g/mol. The van der Waals surface area contributed by atoms with Crippen LogP contribution < -0.4 is 5.32 Å². The summed E-state index contributed by atoms with van der Waals surface area (Å²) in [6, 6.07) is 7.65. The molecule has 0 unspecified atom stereocenters. The molecule has 1 N–H and O–H groups in total. The van der Waals surface area contributed by atoms with E-state index in [-0.39, 0.29) is 12.5 Å². The molecule has 0 radical (unpaired) electrons. The van der Waals surface area contributed by atoms with E-state index in [0.29, 0.717) is 0 Å². The van der Waals surface area contributed by atoms with Crippen molar-refractivity contribution in [1.82, 2.24) is 0 Å². The van der Waals surface area contributed by atoms with Crippen LogP contribution in [0.15, 0.2) is 41.1 Å². The number of benzene rings is 1. The molecule has 2 rings (SSSR count). The largest absolute Gasteiger partial charge is 0.452 e. The highest BCUT2D eigenvalue weighted by Gasteiger charge is 2.09. The number of amides is 1. The van der Waals surface area contributed by atoms with E-state index in [1.54, 1.807) is 17.4 Å². The highest BCUT2D eigenvalue weighted by atomic mass is 32.1. The number of aryl methyl sites for hydroxylation is 2. The zero-order chi connectivity index (χ0) is 15.9. The van der Waals surface area contributed by atoms with Gasteiger partial charge in [0.2, 0.25) is 0 Å². The van der Waals surface area contributed by atoms with Crippen LogP contribution in [-0.2, 0) is 14.3 Å². The van der Waals surface area contributed by atoms with Crippen LogP contribution in [0.3, 0.4) is 0 Å². The first-order chi connectivity index (χ1) is 10.6. The summed E-state index contributed by atoms with van der Waals surface area (Å²) in [7, 11) is 0. The topological polar surface area (TPSA) is 55.4 Å². The molecule has 0 aliphatic heterocycles. The Kier molecular flexibility index (Phi) is 5.49. The number of carbonyl (C=O) groups excluding carboxylic acids is 2. The second-order valence-electron chi connectivity index (χ2n) is 4.81. The summed E-state index contributed by atoms with van der Waals surface area (Å²) >= 11 is 1.55. The standard InChI is InChI=1S/C17H17NO3S/c1-12-4-3-5-13(2)17(12)18-15(19)10-21-16(20)7-6-14-8-9-22-11-14/h3-9,11H,10H2,1-2H3,(H,18,19)/b7-6+. The van der Waals surface area contributed by atoms with E-state index in [0.717, 1.165) is 22.4 Å². The Labute approximate surface area is 133 Å². The van der Waals surface area contributed by atoms with Crippen molar-refractivity contribution in [3.63, 3.8) is 0 Å². The summed E-state index contributed by atoms with van der Waals surface area (Å²) in [5, 5.41) is 6.60. The van der Waals surface area contributed by atoms with Gasteiger partial charge in [-0.25, -0.2) is 4.79 Å². The van der Waals surface area contributed by atoms with Gasteiger partial charge in [0.05, 0.1) is 0 Å². The van der Waals surface area contributed by atoms with Gasteiger partial charge >= 0.3 is 5.97 Å². The first-order valence-electron chi connectivity index (χ1n) is 6.79. The Bertz CT molecular complexity index is 670. The van der Waals surface area contributed by atoms with E-state index in [9.17, 15) is 9.59 Å². The van der Waals surface area contributed by atoms with Gasteiger partial charge in [-0.1, -0.05) is 18.2 Å². The van der Waals surface area contributed by atoms with Crippen LogP contribution in [0.25, 0.3) is 6.08 Å². The second-order valence-corrected chi connectivity index (χ2v) is 5.59. The lowest BCUT2D eigenvalue weighted by Crippen LogP contribution is -2.21. The molecule has 0 saturated carbocycles. The summed E-state index contributed by atoms with van der Waals surface area (Å²) in [6.07, 6.45) is 2.97. The third-order valence-corrected chi connectivity index (χ3v) is 3.75. The van der Waals surface area contributed by atoms with Crippen LogP contribution in [0.4, 0.5) is 5.69 Å². The lowest BCUT2D eigenvalue weighted by Gasteiger charge is -2.11. The van der Waals surface area contributed by atoms with Crippen molar-refractivity contribution in [2.24, 2.45) is 0 Å². The first-order valence-corrected chi connectivity index (χ1v) is 7.73. The van der Waals surface area contributed by atoms with Gasteiger partial charge < -0.3 is 10.1 Å². The fourth-order valence-corrected chi connectivity index (χ4v) is 2.53. The molecule has 4 nitrogen and oxygen atoms in total. The summed E-state index contributed by atoms with van der Waals surface area (Å²) in [5.41, 5.74) is 3.63. The van der Waals surface area contributed by atoms with Gasteiger partial charge in [0, 0.05) is 11.8 Å². The highest BCUT2D eigenvalue weighted by molar-refractivity contribution is 7.08. The molecular weight excluding hydrogens is 298 g/mol. The number of nitrogens with one attached hydrogen (secondary N) is 1. The van der Waals surface area contributed by atoms with Gasteiger partial charge in [0.25, 0.3) is 5.91 Å². The van der Waals surface area contributed by atoms with Crippen LogP contribution in [-0.4, -0.2) is 18.5 Å². The van der Waals surface area contributed by atoms with Crippen LogP contribution >= 0.6 is 11.3 Å². The predicted octanol–water partition coefficient (Wildman–Crippen LogP) is 3.56. The Balaban J connectivity index is 1.84. The Hall–Kier alpha value is -2.40. The minimum atomic E-state index is -0.539. The summed E-state index contributed by atoms with van der Waals surface area (Å²) in [5.74, 6) is -0.891. The number of hydrogen-bond donors (Lipinski definition) is 1. The molecule has 22 heavy (non-hydrogen) atoms. The Morgan fingerprint density at radius 1 is 1.23 bits per heavy atom. The molecule has 1 aromatic heterocycles. The minimum Gasteiger partial charge on any atom is -0.452 e. The van der Waals surface area contributed by atoms with Crippen molar-refractivity contribution in [2.45, 2.75) is 13.8 Å². The Morgan fingerprint density at radius 2 is 1.95 bits per heavy atom. The molecule has 1 amide bonds. The number of hydrogen-bond acceptors (Lipinski definition) is 4. The van der Waals surface area contributed by atoms with Gasteiger partial charge in [-0.05, 0) is 53.4 Å². The lowest BCUT2D eigenvalue weighted by atomic mass is 10.1. The number of esters is 1. The molecule has 0 saturated heterocycles. The molecule has 1 aromatic carbocycles. The van der Waals surface area contributed by atoms with Crippen LogP contribution in [0, 0.1) is 13.8 Å². The van der Waals surface area contributed by atoms with Crippen molar-refractivity contribution in [3.8, 4) is 0 Å². The number of para-hydroxylation sites is 1. The smallest absolute Gasteiger partial charge is 0.331 e. The molecule has 1 heterocycles. The molecular formula is C17H17NO3S.